The average molecular weight is 370 g/mol. The first kappa shape index (κ1) is 19.2. The first-order valence-corrected chi connectivity index (χ1v) is 9.11. The predicted octanol–water partition coefficient (Wildman–Crippen LogP) is 3.47. The second kappa shape index (κ2) is 7.56. The number of benzene rings is 1. The van der Waals surface area contributed by atoms with Crippen molar-refractivity contribution in [1.29, 1.82) is 0 Å². The summed E-state index contributed by atoms with van der Waals surface area (Å²) in [6.07, 6.45) is -1.97. The van der Waals surface area contributed by atoms with E-state index < -0.39 is 11.7 Å². The highest BCUT2D eigenvalue weighted by molar-refractivity contribution is 5.96. The largest absolute Gasteiger partial charge is 0.416 e. The van der Waals surface area contributed by atoms with E-state index in [0.29, 0.717) is 24.3 Å². The van der Waals surface area contributed by atoms with Crippen molar-refractivity contribution in [2.75, 3.05) is 13.2 Å². The van der Waals surface area contributed by atoms with E-state index in [1.54, 1.807) is 0 Å². The second-order valence-electron chi connectivity index (χ2n) is 7.45. The van der Waals surface area contributed by atoms with Gasteiger partial charge in [-0.2, -0.15) is 13.2 Å². The molecule has 1 aliphatic carbocycles. The number of halogens is 3. The fourth-order valence-corrected chi connectivity index (χ4v) is 3.43. The SMILES string of the molecule is CC(C)N[C@@H]1CCOC[C@H]1NC(=O)c1ccc(C(F)(F)F)cc1C1CC1. The van der Waals surface area contributed by atoms with Gasteiger partial charge in [-0.15, -0.1) is 0 Å². The van der Waals surface area contributed by atoms with Crippen LogP contribution in [0.15, 0.2) is 18.2 Å². The van der Waals surface area contributed by atoms with Gasteiger partial charge in [-0.05, 0) is 48.9 Å². The zero-order valence-corrected chi connectivity index (χ0v) is 15.0. The molecule has 0 spiro atoms. The van der Waals surface area contributed by atoms with E-state index in [1.807, 2.05) is 13.8 Å². The lowest BCUT2D eigenvalue weighted by Crippen LogP contribution is -2.56. The van der Waals surface area contributed by atoms with Gasteiger partial charge in [0.15, 0.2) is 0 Å². The Kier molecular flexibility index (Phi) is 5.58. The number of amides is 1. The van der Waals surface area contributed by atoms with Gasteiger partial charge in [0.1, 0.15) is 0 Å². The lowest BCUT2D eigenvalue weighted by atomic mass is 9.97. The van der Waals surface area contributed by atoms with Gasteiger partial charge in [-0.1, -0.05) is 13.8 Å². The van der Waals surface area contributed by atoms with Gasteiger partial charge in [-0.25, -0.2) is 0 Å². The van der Waals surface area contributed by atoms with Crippen LogP contribution in [0.5, 0.6) is 0 Å². The molecule has 0 bridgehead atoms. The maximum Gasteiger partial charge on any atom is 0.416 e. The highest BCUT2D eigenvalue weighted by atomic mass is 19.4. The van der Waals surface area contributed by atoms with E-state index in [2.05, 4.69) is 10.6 Å². The van der Waals surface area contributed by atoms with Crippen LogP contribution < -0.4 is 10.6 Å². The molecule has 1 saturated heterocycles. The molecule has 7 heteroatoms. The molecule has 0 radical (unpaired) electrons. The molecule has 1 heterocycles. The Morgan fingerprint density at radius 2 is 1.92 bits per heavy atom. The van der Waals surface area contributed by atoms with Crippen molar-refractivity contribution in [2.24, 2.45) is 0 Å². The summed E-state index contributed by atoms with van der Waals surface area (Å²) in [7, 11) is 0. The number of hydrogen-bond donors (Lipinski definition) is 2. The molecule has 26 heavy (non-hydrogen) atoms. The normalized spacial score (nSPS) is 23.9. The van der Waals surface area contributed by atoms with Crippen LogP contribution in [0, 0.1) is 0 Å². The van der Waals surface area contributed by atoms with Crippen LogP contribution in [0.1, 0.15) is 60.5 Å². The first-order chi connectivity index (χ1) is 12.3. The van der Waals surface area contributed by atoms with E-state index in [4.69, 9.17) is 4.74 Å². The summed E-state index contributed by atoms with van der Waals surface area (Å²) in [5.74, 6) is -0.281. The fraction of sp³-hybridized carbons (Fsp3) is 0.632. The summed E-state index contributed by atoms with van der Waals surface area (Å²) >= 11 is 0. The molecular formula is C19H25F3N2O2. The Balaban J connectivity index is 1.78. The van der Waals surface area contributed by atoms with Gasteiger partial charge >= 0.3 is 6.18 Å². The highest BCUT2D eigenvalue weighted by Crippen LogP contribution is 2.43. The van der Waals surface area contributed by atoms with Crippen LogP contribution >= 0.6 is 0 Å². The van der Waals surface area contributed by atoms with Crippen LogP contribution in [-0.4, -0.2) is 37.2 Å². The second-order valence-corrected chi connectivity index (χ2v) is 7.45. The molecule has 2 fully saturated rings. The molecule has 0 unspecified atom stereocenters. The van der Waals surface area contributed by atoms with E-state index in [9.17, 15) is 18.0 Å². The molecule has 1 aromatic rings. The first-order valence-electron chi connectivity index (χ1n) is 9.11. The zero-order chi connectivity index (χ0) is 18.9. The van der Waals surface area contributed by atoms with E-state index in [1.165, 1.54) is 6.07 Å². The lowest BCUT2D eigenvalue weighted by molar-refractivity contribution is -0.137. The molecule has 2 N–H and O–H groups in total. The van der Waals surface area contributed by atoms with Crippen molar-refractivity contribution in [3.05, 3.63) is 34.9 Å². The van der Waals surface area contributed by atoms with Crippen LogP contribution in [0.4, 0.5) is 13.2 Å². The Morgan fingerprint density at radius 1 is 1.19 bits per heavy atom. The molecule has 2 aliphatic rings. The minimum Gasteiger partial charge on any atom is -0.379 e. The summed E-state index contributed by atoms with van der Waals surface area (Å²) in [6, 6.07) is 3.58. The van der Waals surface area contributed by atoms with Crippen molar-refractivity contribution < 1.29 is 22.7 Å². The minimum atomic E-state index is -4.40. The van der Waals surface area contributed by atoms with Crippen molar-refractivity contribution in [3.63, 3.8) is 0 Å². The van der Waals surface area contributed by atoms with Crippen LogP contribution in [-0.2, 0) is 10.9 Å². The summed E-state index contributed by atoms with van der Waals surface area (Å²) in [5.41, 5.74) is 0.146. The van der Waals surface area contributed by atoms with Crippen LogP contribution in [0.2, 0.25) is 0 Å². The molecule has 0 aromatic heterocycles. The molecule has 1 aliphatic heterocycles. The molecule has 1 amide bonds. The van der Waals surface area contributed by atoms with Crippen LogP contribution in [0.25, 0.3) is 0 Å². The number of carbonyl (C=O) groups is 1. The standard InChI is InChI=1S/C19H25F3N2O2/c1-11(2)23-16-7-8-26-10-17(16)24-18(25)14-6-5-13(19(20,21)22)9-15(14)12-3-4-12/h5-6,9,11-12,16-17,23H,3-4,7-8,10H2,1-2H3,(H,24,25)/t16-,17-/m1/s1. The lowest BCUT2D eigenvalue weighted by Gasteiger charge is -2.34. The monoisotopic (exact) mass is 370 g/mol. The summed E-state index contributed by atoms with van der Waals surface area (Å²) in [4.78, 5) is 12.8. The summed E-state index contributed by atoms with van der Waals surface area (Å²) in [5, 5.41) is 6.39. The summed E-state index contributed by atoms with van der Waals surface area (Å²) < 4.78 is 44.5. The zero-order valence-electron chi connectivity index (χ0n) is 15.0. The fourth-order valence-electron chi connectivity index (χ4n) is 3.43. The third-order valence-corrected chi connectivity index (χ3v) is 4.86. The van der Waals surface area contributed by atoms with Crippen LogP contribution in [0.3, 0.4) is 0 Å². The molecular weight excluding hydrogens is 345 g/mol. The van der Waals surface area contributed by atoms with Gasteiger partial charge in [0.25, 0.3) is 5.91 Å². The minimum absolute atomic E-state index is 0.0465. The Hall–Kier alpha value is -1.60. The Morgan fingerprint density at radius 3 is 2.54 bits per heavy atom. The molecule has 3 rings (SSSR count). The Labute approximate surface area is 151 Å². The Bertz CT molecular complexity index is 657. The number of hydrogen-bond acceptors (Lipinski definition) is 3. The van der Waals surface area contributed by atoms with Gasteiger partial charge < -0.3 is 15.4 Å². The maximum absolute atomic E-state index is 13.0. The topological polar surface area (TPSA) is 50.4 Å². The smallest absolute Gasteiger partial charge is 0.379 e. The predicted molar refractivity (Wildman–Crippen MR) is 92.2 cm³/mol. The van der Waals surface area contributed by atoms with Crippen molar-refractivity contribution >= 4 is 5.91 Å². The number of rotatable bonds is 5. The van der Waals surface area contributed by atoms with E-state index >= 15 is 0 Å². The van der Waals surface area contributed by atoms with Crippen molar-refractivity contribution in [2.45, 2.75) is 63.3 Å². The van der Waals surface area contributed by atoms with E-state index in [0.717, 1.165) is 31.4 Å². The highest BCUT2D eigenvalue weighted by Gasteiger charge is 2.36. The molecule has 1 aromatic carbocycles. The third-order valence-electron chi connectivity index (χ3n) is 4.86. The van der Waals surface area contributed by atoms with Gasteiger partial charge in [0.05, 0.1) is 18.2 Å². The summed E-state index contributed by atoms with van der Waals surface area (Å²) in [6.45, 7) is 5.10. The van der Waals surface area contributed by atoms with Gasteiger partial charge in [0.2, 0.25) is 0 Å². The number of carbonyl (C=O) groups excluding carboxylic acids is 1. The number of ether oxygens (including phenoxy) is 1. The molecule has 4 nitrogen and oxygen atoms in total. The maximum atomic E-state index is 13.0. The van der Waals surface area contributed by atoms with Crippen molar-refractivity contribution in [1.82, 2.24) is 10.6 Å². The number of alkyl halides is 3. The van der Waals surface area contributed by atoms with E-state index in [-0.39, 0.29) is 30.0 Å². The van der Waals surface area contributed by atoms with Gasteiger partial charge in [0, 0.05) is 24.3 Å². The molecule has 1 saturated carbocycles. The molecule has 2 atom stereocenters. The van der Waals surface area contributed by atoms with Gasteiger partial charge in [-0.3, -0.25) is 4.79 Å². The quantitative estimate of drug-likeness (QED) is 0.835. The van der Waals surface area contributed by atoms with Crippen molar-refractivity contribution in [3.8, 4) is 0 Å². The third kappa shape index (κ3) is 4.57. The molecule has 144 valence electrons. The number of nitrogens with one attached hydrogen (secondary N) is 2. The average Bonchev–Trinajstić information content (AvgIpc) is 3.39.